The molecule has 0 fully saturated rings. The van der Waals surface area contributed by atoms with E-state index in [4.69, 9.17) is 0 Å². The molecule has 3 N–H and O–H groups in total. The van der Waals surface area contributed by atoms with Crippen LogP contribution in [0.25, 0.3) is 0 Å². The van der Waals surface area contributed by atoms with E-state index in [1.54, 1.807) is 13.8 Å². The van der Waals surface area contributed by atoms with Gasteiger partial charge in [0, 0.05) is 13.0 Å². The predicted octanol–water partition coefficient (Wildman–Crippen LogP) is 0.766. The van der Waals surface area contributed by atoms with Gasteiger partial charge in [-0.3, -0.25) is 14.4 Å². The normalized spacial score (nSPS) is 13.7. The van der Waals surface area contributed by atoms with Crippen LogP contribution in [0.1, 0.15) is 40.5 Å². The fourth-order valence-corrected chi connectivity index (χ4v) is 1.43. The molecule has 110 valence electrons. The van der Waals surface area contributed by atoms with Crippen LogP contribution < -0.4 is 10.6 Å². The summed E-state index contributed by atoms with van der Waals surface area (Å²) >= 11 is 0. The summed E-state index contributed by atoms with van der Waals surface area (Å²) in [6, 6.07) is 0. The number of carbonyl (C=O) groups is 3. The van der Waals surface area contributed by atoms with Crippen molar-refractivity contribution >= 4 is 17.8 Å². The molecule has 19 heavy (non-hydrogen) atoms. The van der Waals surface area contributed by atoms with Crippen LogP contribution >= 0.6 is 0 Å². The maximum absolute atomic E-state index is 11.7. The van der Waals surface area contributed by atoms with Crippen LogP contribution in [-0.2, 0) is 14.4 Å². The van der Waals surface area contributed by atoms with Crippen LogP contribution in [-0.4, -0.2) is 36.0 Å². The zero-order valence-corrected chi connectivity index (χ0v) is 12.1. The Morgan fingerprint density at radius 1 is 1.16 bits per heavy atom. The molecule has 0 aliphatic carbocycles. The highest BCUT2D eigenvalue weighted by atomic mass is 16.4. The zero-order valence-electron chi connectivity index (χ0n) is 12.1. The molecule has 0 rings (SSSR count). The number of rotatable bonds is 8. The van der Waals surface area contributed by atoms with E-state index < -0.39 is 17.3 Å². The summed E-state index contributed by atoms with van der Waals surface area (Å²) in [4.78, 5) is 34.2. The summed E-state index contributed by atoms with van der Waals surface area (Å²) < 4.78 is 0. The van der Waals surface area contributed by atoms with E-state index in [1.165, 1.54) is 6.92 Å². The van der Waals surface area contributed by atoms with Gasteiger partial charge in [-0.15, -0.1) is 0 Å². The molecule has 0 aromatic rings. The third kappa shape index (κ3) is 5.72. The summed E-state index contributed by atoms with van der Waals surface area (Å²) in [7, 11) is 0. The molecule has 0 radical (unpaired) electrons. The van der Waals surface area contributed by atoms with Crippen LogP contribution in [0.3, 0.4) is 0 Å². The van der Waals surface area contributed by atoms with Crippen molar-refractivity contribution in [1.29, 1.82) is 0 Å². The van der Waals surface area contributed by atoms with Crippen LogP contribution in [0.2, 0.25) is 0 Å². The minimum absolute atomic E-state index is 0.118. The topological polar surface area (TPSA) is 95.5 Å². The Morgan fingerprint density at radius 3 is 2.16 bits per heavy atom. The van der Waals surface area contributed by atoms with E-state index >= 15 is 0 Å². The van der Waals surface area contributed by atoms with E-state index in [2.05, 4.69) is 10.6 Å². The molecular weight excluding hydrogens is 248 g/mol. The van der Waals surface area contributed by atoms with Crippen molar-refractivity contribution in [3.05, 3.63) is 0 Å². The fourth-order valence-electron chi connectivity index (χ4n) is 1.43. The standard InChI is InChI=1S/C13H24N2O4/c1-5-6-14-11(17)8-15-10(16)7-13(4,9(2)3)12(18)19/h9H,5-8H2,1-4H3,(H,14,17)(H,15,16)(H,18,19). The van der Waals surface area contributed by atoms with Gasteiger partial charge in [-0.25, -0.2) is 0 Å². The van der Waals surface area contributed by atoms with E-state index in [1.807, 2.05) is 6.92 Å². The first-order chi connectivity index (χ1) is 8.74. The molecule has 0 saturated heterocycles. The molecule has 0 spiro atoms. The Hall–Kier alpha value is -1.59. The molecular formula is C13H24N2O4. The van der Waals surface area contributed by atoms with Crippen LogP contribution in [0.5, 0.6) is 0 Å². The Labute approximate surface area is 113 Å². The lowest BCUT2D eigenvalue weighted by atomic mass is 9.76. The summed E-state index contributed by atoms with van der Waals surface area (Å²) in [6.07, 6.45) is 0.686. The van der Waals surface area contributed by atoms with Gasteiger partial charge in [0.2, 0.25) is 11.8 Å². The number of carbonyl (C=O) groups excluding carboxylic acids is 2. The smallest absolute Gasteiger partial charge is 0.310 e. The Bertz CT molecular complexity index is 342. The average molecular weight is 272 g/mol. The number of hydrogen-bond donors (Lipinski definition) is 3. The highest BCUT2D eigenvalue weighted by Crippen LogP contribution is 2.31. The van der Waals surface area contributed by atoms with Crippen molar-refractivity contribution in [2.75, 3.05) is 13.1 Å². The van der Waals surface area contributed by atoms with Gasteiger partial charge in [0.15, 0.2) is 0 Å². The summed E-state index contributed by atoms with van der Waals surface area (Å²) in [5.74, 6) is -1.88. The maximum atomic E-state index is 11.7. The molecule has 2 amide bonds. The number of aliphatic carboxylic acids is 1. The summed E-state index contributed by atoms with van der Waals surface area (Å²) in [5.41, 5.74) is -1.12. The first kappa shape index (κ1) is 17.4. The number of carboxylic acids is 1. The molecule has 1 unspecified atom stereocenters. The van der Waals surface area contributed by atoms with Crippen LogP contribution in [0, 0.1) is 11.3 Å². The second-order valence-corrected chi connectivity index (χ2v) is 5.18. The number of nitrogens with one attached hydrogen (secondary N) is 2. The number of carboxylic acid groups (broad SMARTS) is 1. The highest BCUT2D eigenvalue weighted by molar-refractivity contribution is 5.88. The second kappa shape index (κ2) is 7.76. The summed E-state index contributed by atoms with van der Waals surface area (Å²) in [5, 5.41) is 14.3. The molecule has 0 heterocycles. The lowest BCUT2D eigenvalue weighted by Crippen LogP contribution is -2.42. The first-order valence-corrected chi connectivity index (χ1v) is 6.50. The van der Waals surface area contributed by atoms with Gasteiger partial charge in [0.05, 0.1) is 12.0 Å². The first-order valence-electron chi connectivity index (χ1n) is 6.50. The molecule has 6 nitrogen and oxygen atoms in total. The van der Waals surface area contributed by atoms with Crippen molar-refractivity contribution < 1.29 is 19.5 Å². The van der Waals surface area contributed by atoms with E-state index in [0.717, 1.165) is 6.42 Å². The van der Waals surface area contributed by atoms with E-state index in [-0.39, 0.29) is 24.8 Å². The van der Waals surface area contributed by atoms with Crippen molar-refractivity contribution in [3.63, 3.8) is 0 Å². The third-order valence-electron chi connectivity index (χ3n) is 3.31. The molecule has 0 aliphatic heterocycles. The molecule has 0 bridgehead atoms. The summed E-state index contributed by atoms with van der Waals surface area (Å²) in [6.45, 7) is 7.43. The van der Waals surface area contributed by atoms with Gasteiger partial charge in [-0.1, -0.05) is 20.8 Å². The van der Waals surface area contributed by atoms with Crippen LogP contribution in [0.15, 0.2) is 0 Å². The second-order valence-electron chi connectivity index (χ2n) is 5.18. The predicted molar refractivity (Wildman–Crippen MR) is 71.5 cm³/mol. The molecule has 0 aromatic heterocycles. The molecule has 6 heteroatoms. The lowest BCUT2D eigenvalue weighted by Gasteiger charge is -2.28. The van der Waals surface area contributed by atoms with Gasteiger partial charge < -0.3 is 15.7 Å². The van der Waals surface area contributed by atoms with Crippen molar-refractivity contribution in [3.8, 4) is 0 Å². The molecule has 1 atom stereocenters. The molecule has 0 aromatic carbocycles. The molecule has 0 aliphatic rings. The van der Waals surface area contributed by atoms with Gasteiger partial charge in [0.1, 0.15) is 0 Å². The number of hydrogen-bond acceptors (Lipinski definition) is 3. The minimum atomic E-state index is -1.12. The Kier molecular flexibility index (Phi) is 7.11. The Balaban J connectivity index is 4.30. The van der Waals surface area contributed by atoms with E-state index in [9.17, 15) is 19.5 Å². The largest absolute Gasteiger partial charge is 0.481 e. The van der Waals surface area contributed by atoms with Gasteiger partial charge >= 0.3 is 5.97 Å². The maximum Gasteiger partial charge on any atom is 0.310 e. The third-order valence-corrected chi connectivity index (χ3v) is 3.31. The monoisotopic (exact) mass is 272 g/mol. The van der Waals surface area contributed by atoms with Crippen LogP contribution in [0.4, 0.5) is 0 Å². The fraction of sp³-hybridized carbons (Fsp3) is 0.769. The minimum Gasteiger partial charge on any atom is -0.481 e. The van der Waals surface area contributed by atoms with Gasteiger partial charge in [-0.2, -0.15) is 0 Å². The SMILES string of the molecule is CCCNC(=O)CNC(=O)CC(C)(C(=O)O)C(C)C. The average Bonchev–Trinajstić information content (AvgIpc) is 2.33. The van der Waals surface area contributed by atoms with Crippen molar-refractivity contribution in [2.24, 2.45) is 11.3 Å². The lowest BCUT2D eigenvalue weighted by molar-refractivity contribution is -0.153. The number of amides is 2. The highest BCUT2D eigenvalue weighted by Gasteiger charge is 2.38. The molecule has 0 saturated carbocycles. The van der Waals surface area contributed by atoms with Gasteiger partial charge in [-0.05, 0) is 19.3 Å². The Morgan fingerprint density at radius 2 is 1.74 bits per heavy atom. The van der Waals surface area contributed by atoms with E-state index in [0.29, 0.717) is 6.54 Å². The van der Waals surface area contributed by atoms with Crippen molar-refractivity contribution in [2.45, 2.75) is 40.5 Å². The van der Waals surface area contributed by atoms with Crippen molar-refractivity contribution in [1.82, 2.24) is 10.6 Å². The quantitative estimate of drug-likeness (QED) is 0.608. The zero-order chi connectivity index (χ0) is 15.1. The van der Waals surface area contributed by atoms with Gasteiger partial charge in [0.25, 0.3) is 0 Å².